The number of aromatic nitrogens is 3. The van der Waals surface area contributed by atoms with Gasteiger partial charge in [0, 0.05) is 47.5 Å². The van der Waals surface area contributed by atoms with Crippen molar-refractivity contribution in [1.29, 1.82) is 0 Å². The van der Waals surface area contributed by atoms with Gasteiger partial charge in [0.05, 0.1) is 19.5 Å². The van der Waals surface area contributed by atoms with Crippen LogP contribution in [0.15, 0.2) is 110 Å². The van der Waals surface area contributed by atoms with Crippen LogP contribution in [0.25, 0.3) is 11.1 Å². The molecule has 0 unspecified atom stereocenters. The van der Waals surface area contributed by atoms with E-state index in [1.54, 1.807) is 24.4 Å². The number of urea groups is 1. The van der Waals surface area contributed by atoms with E-state index < -0.39 is 17.8 Å². The highest BCUT2D eigenvalue weighted by Crippen LogP contribution is 2.22. The van der Waals surface area contributed by atoms with Gasteiger partial charge in [-0.1, -0.05) is 54.6 Å². The molecule has 0 spiro atoms. The zero-order chi connectivity index (χ0) is 33.7. The van der Waals surface area contributed by atoms with E-state index >= 15 is 0 Å². The Hall–Kier alpha value is -6.21. The predicted octanol–water partition coefficient (Wildman–Crippen LogP) is 4.77. The van der Waals surface area contributed by atoms with Gasteiger partial charge in [0.1, 0.15) is 18.2 Å². The van der Waals surface area contributed by atoms with Gasteiger partial charge in [0.25, 0.3) is 5.91 Å². The molecule has 12 nitrogen and oxygen atoms in total. The largest absolute Gasteiger partial charge is 0.492 e. The van der Waals surface area contributed by atoms with Crippen molar-refractivity contribution in [3.8, 4) is 16.9 Å². The van der Waals surface area contributed by atoms with Crippen LogP contribution in [-0.4, -0.2) is 56.1 Å². The summed E-state index contributed by atoms with van der Waals surface area (Å²) in [5, 5.41) is 14.3. The van der Waals surface area contributed by atoms with Gasteiger partial charge in [0.15, 0.2) is 0 Å². The number of hydroxylamine groups is 1. The normalized spacial score (nSPS) is 10.5. The number of carbonyl (C=O) groups excluding carboxylic acids is 3. The molecule has 0 saturated heterocycles. The van der Waals surface area contributed by atoms with Crippen molar-refractivity contribution >= 4 is 23.8 Å². The first-order chi connectivity index (χ1) is 23.4. The van der Waals surface area contributed by atoms with Crippen LogP contribution in [0.3, 0.4) is 0 Å². The molecule has 5 rings (SSSR count). The van der Waals surface area contributed by atoms with E-state index in [4.69, 9.17) is 9.94 Å². The van der Waals surface area contributed by atoms with E-state index in [2.05, 4.69) is 25.6 Å². The summed E-state index contributed by atoms with van der Waals surface area (Å²) in [7, 11) is 0. The Morgan fingerprint density at radius 1 is 0.854 bits per heavy atom. The third-order valence-corrected chi connectivity index (χ3v) is 7.17. The van der Waals surface area contributed by atoms with Crippen LogP contribution in [-0.2, 0) is 24.3 Å². The number of hydrogen-bond donors (Lipinski definition) is 4. The van der Waals surface area contributed by atoms with Gasteiger partial charge >= 0.3 is 6.03 Å². The monoisotopic (exact) mass is 649 g/mol. The van der Waals surface area contributed by atoms with Crippen molar-refractivity contribution in [2.75, 3.05) is 18.5 Å². The summed E-state index contributed by atoms with van der Waals surface area (Å²) in [6.45, 7) is 0.464. The van der Waals surface area contributed by atoms with Crippen LogP contribution < -0.4 is 20.9 Å². The van der Waals surface area contributed by atoms with Gasteiger partial charge in [0.2, 0.25) is 11.9 Å². The molecule has 48 heavy (non-hydrogen) atoms. The number of pyridine rings is 1. The molecule has 0 aliphatic heterocycles. The molecule has 0 atom stereocenters. The first kappa shape index (κ1) is 33.2. The van der Waals surface area contributed by atoms with Gasteiger partial charge in [-0.15, -0.1) is 0 Å². The number of amides is 4. The lowest BCUT2D eigenvalue weighted by molar-refractivity contribution is -0.120. The maximum Gasteiger partial charge on any atom is 0.324 e. The molecular formula is C35H32FN7O5. The molecule has 4 N–H and O–H groups in total. The number of hydrogen-bond acceptors (Lipinski definition) is 8. The van der Waals surface area contributed by atoms with Crippen molar-refractivity contribution in [1.82, 2.24) is 30.6 Å². The second-order valence-electron chi connectivity index (χ2n) is 10.5. The molecule has 244 valence electrons. The summed E-state index contributed by atoms with van der Waals surface area (Å²) >= 11 is 0. The number of rotatable bonds is 13. The Kier molecular flexibility index (Phi) is 11.3. The molecule has 0 aliphatic rings. The Balaban J connectivity index is 1.16. The molecule has 0 radical (unpaired) electrons. The highest BCUT2D eigenvalue weighted by atomic mass is 19.1. The topological polar surface area (TPSA) is 159 Å². The quantitative estimate of drug-likeness (QED) is 0.105. The number of benzene rings is 3. The highest BCUT2D eigenvalue weighted by Gasteiger charge is 2.19. The maximum atomic E-state index is 14.8. The molecule has 0 saturated carbocycles. The number of nitrogens with zero attached hydrogens (tertiary/aromatic N) is 4. The van der Waals surface area contributed by atoms with Gasteiger partial charge in [-0.2, -0.15) is 0 Å². The Labute approximate surface area is 275 Å². The van der Waals surface area contributed by atoms with E-state index in [0.717, 1.165) is 22.8 Å². The van der Waals surface area contributed by atoms with E-state index in [9.17, 15) is 18.8 Å². The maximum absolute atomic E-state index is 14.8. The van der Waals surface area contributed by atoms with Crippen LogP contribution >= 0.6 is 0 Å². The summed E-state index contributed by atoms with van der Waals surface area (Å²) in [6.07, 6.45) is 4.83. The zero-order valence-corrected chi connectivity index (χ0v) is 25.7. The molecule has 0 aliphatic carbocycles. The summed E-state index contributed by atoms with van der Waals surface area (Å²) in [5.74, 6) is -1.07. The predicted molar refractivity (Wildman–Crippen MR) is 174 cm³/mol. The summed E-state index contributed by atoms with van der Waals surface area (Å²) in [6, 6.07) is 25.4. The lowest BCUT2D eigenvalue weighted by Crippen LogP contribution is -2.38. The fourth-order valence-electron chi connectivity index (χ4n) is 4.62. The number of carbonyl (C=O) groups is 3. The van der Waals surface area contributed by atoms with E-state index in [0.29, 0.717) is 18.0 Å². The number of nitrogens with one attached hydrogen (secondary N) is 3. The number of halogens is 1. The average Bonchev–Trinajstić information content (AvgIpc) is 3.12. The molecule has 0 bridgehead atoms. The van der Waals surface area contributed by atoms with Gasteiger partial charge in [-0.05, 0) is 47.5 Å². The SMILES string of the molecule is O=C(Cc1ccc(-c2ccc(OCCN(Cc3ccc(C(=O)NO)cc3F)C(=O)Nc3ncccn3)cc2)cn1)NCc1ccccc1. The van der Waals surface area contributed by atoms with Gasteiger partial charge in [-0.3, -0.25) is 25.1 Å². The molecule has 13 heteroatoms. The average molecular weight is 650 g/mol. The minimum Gasteiger partial charge on any atom is -0.492 e. The molecular weight excluding hydrogens is 617 g/mol. The lowest BCUT2D eigenvalue weighted by atomic mass is 10.1. The lowest BCUT2D eigenvalue weighted by Gasteiger charge is -2.23. The van der Waals surface area contributed by atoms with E-state index in [-0.39, 0.29) is 49.1 Å². The Bertz CT molecular complexity index is 1830. The van der Waals surface area contributed by atoms with Crippen LogP contribution in [0.4, 0.5) is 15.1 Å². The first-order valence-corrected chi connectivity index (χ1v) is 14.9. The fraction of sp³-hybridized carbons (Fsp3) is 0.143. The molecule has 2 aromatic heterocycles. The zero-order valence-electron chi connectivity index (χ0n) is 25.7. The van der Waals surface area contributed by atoms with Crippen LogP contribution in [0.2, 0.25) is 0 Å². The molecule has 0 fully saturated rings. The second kappa shape index (κ2) is 16.4. The third kappa shape index (κ3) is 9.40. The molecule has 2 heterocycles. The van der Waals surface area contributed by atoms with Crippen LogP contribution in [0.5, 0.6) is 5.75 Å². The van der Waals surface area contributed by atoms with Gasteiger partial charge < -0.3 is 15.0 Å². The van der Waals surface area contributed by atoms with Crippen molar-refractivity contribution in [2.24, 2.45) is 0 Å². The van der Waals surface area contributed by atoms with Crippen molar-refractivity contribution < 1.29 is 28.7 Å². The smallest absolute Gasteiger partial charge is 0.324 e. The summed E-state index contributed by atoms with van der Waals surface area (Å²) in [5.41, 5.74) is 4.97. The van der Waals surface area contributed by atoms with E-state index in [1.807, 2.05) is 54.6 Å². The fourth-order valence-corrected chi connectivity index (χ4v) is 4.62. The van der Waals surface area contributed by atoms with Crippen LogP contribution in [0, 0.1) is 5.82 Å². The third-order valence-electron chi connectivity index (χ3n) is 7.17. The number of ether oxygens (including phenoxy) is 1. The highest BCUT2D eigenvalue weighted by molar-refractivity contribution is 5.93. The summed E-state index contributed by atoms with van der Waals surface area (Å²) < 4.78 is 20.7. The van der Waals surface area contributed by atoms with E-state index in [1.165, 1.54) is 34.9 Å². The van der Waals surface area contributed by atoms with Crippen molar-refractivity contribution in [3.63, 3.8) is 0 Å². The molecule has 5 aromatic rings. The first-order valence-electron chi connectivity index (χ1n) is 14.9. The minimum atomic E-state index is -0.858. The van der Waals surface area contributed by atoms with Crippen molar-refractivity contribution in [2.45, 2.75) is 19.5 Å². The second-order valence-corrected chi connectivity index (χ2v) is 10.5. The van der Waals surface area contributed by atoms with Crippen LogP contribution in [0.1, 0.15) is 27.2 Å². The summed E-state index contributed by atoms with van der Waals surface area (Å²) in [4.78, 5) is 50.9. The Morgan fingerprint density at radius 2 is 1.60 bits per heavy atom. The standard InChI is InChI=1S/C35H32FN7O5/c36-31-19-26(33(45)42-47)7-8-28(31)23-43(35(46)41-34-37-15-4-16-38-34)17-18-48-30-13-10-25(11-14-30)27-9-12-29(39-22-27)20-32(44)40-21-24-5-2-1-3-6-24/h1-16,19,22,47H,17-18,20-21,23H2,(H,40,44)(H,42,45)(H,37,38,41,46). The molecule has 3 aromatic carbocycles. The minimum absolute atomic E-state index is 0.0725. The van der Waals surface area contributed by atoms with Crippen molar-refractivity contribution in [3.05, 3.63) is 138 Å². The molecule has 4 amide bonds. The Morgan fingerprint density at radius 3 is 2.29 bits per heavy atom. The van der Waals surface area contributed by atoms with Gasteiger partial charge in [-0.25, -0.2) is 24.6 Å². The number of anilines is 1.